The molecule has 3 atom stereocenters. The number of carbonyl (C=O) groups excluding carboxylic acids is 1. The van der Waals surface area contributed by atoms with Crippen LogP contribution in [0.15, 0.2) is 0 Å². The van der Waals surface area contributed by atoms with E-state index in [1.54, 1.807) is 0 Å². The molecule has 3 fully saturated rings. The Labute approximate surface area is 140 Å². The van der Waals surface area contributed by atoms with Gasteiger partial charge in [0, 0.05) is 37.1 Å². The lowest BCUT2D eigenvalue weighted by atomic mass is 9.86. The summed E-state index contributed by atoms with van der Waals surface area (Å²) in [5.74, 6) is 0.881. The predicted molar refractivity (Wildman–Crippen MR) is 91.3 cm³/mol. The number of aliphatic hydroxyl groups is 1. The minimum atomic E-state index is -0.151. The van der Waals surface area contributed by atoms with Gasteiger partial charge in [-0.15, -0.1) is 0 Å². The first-order chi connectivity index (χ1) is 11.1. The van der Waals surface area contributed by atoms with Gasteiger partial charge in [0.25, 0.3) is 0 Å². The third-order valence-electron chi connectivity index (χ3n) is 6.35. The molecular weight excluding hydrogens is 290 g/mol. The largest absolute Gasteiger partial charge is 0.396 e. The number of urea groups is 1. The lowest BCUT2D eigenvalue weighted by Gasteiger charge is -2.30. The van der Waals surface area contributed by atoms with Crippen LogP contribution in [-0.2, 0) is 0 Å². The average molecular weight is 323 g/mol. The SMILES string of the molecule is CC1(CO)CCCC1NC(=O)NC1CCN(CC2CCCC2)C1. The van der Waals surface area contributed by atoms with Crippen LogP contribution in [0.4, 0.5) is 4.79 Å². The molecule has 1 aliphatic heterocycles. The van der Waals surface area contributed by atoms with Gasteiger partial charge in [-0.05, 0) is 38.0 Å². The van der Waals surface area contributed by atoms with E-state index >= 15 is 0 Å². The van der Waals surface area contributed by atoms with Gasteiger partial charge in [0.1, 0.15) is 0 Å². The van der Waals surface area contributed by atoms with E-state index in [0.29, 0.717) is 0 Å². The minimum absolute atomic E-state index is 0.0516. The summed E-state index contributed by atoms with van der Waals surface area (Å²) in [6.45, 7) is 5.54. The summed E-state index contributed by atoms with van der Waals surface area (Å²) in [6.07, 6.45) is 9.67. The van der Waals surface area contributed by atoms with Crippen LogP contribution in [0.5, 0.6) is 0 Å². The van der Waals surface area contributed by atoms with Crippen molar-refractivity contribution in [2.75, 3.05) is 26.2 Å². The Hall–Kier alpha value is -0.810. The van der Waals surface area contributed by atoms with E-state index in [4.69, 9.17) is 0 Å². The Balaban J connectivity index is 1.40. The maximum Gasteiger partial charge on any atom is 0.315 e. The van der Waals surface area contributed by atoms with E-state index in [1.165, 1.54) is 32.2 Å². The molecule has 0 aromatic carbocycles. The fourth-order valence-electron chi connectivity index (χ4n) is 4.73. The zero-order valence-corrected chi connectivity index (χ0v) is 14.5. The van der Waals surface area contributed by atoms with Gasteiger partial charge in [-0.25, -0.2) is 4.79 Å². The number of carbonyl (C=O) groups is 1. The number of hydrogen-bond acceptors (Lipinski definition) is 3. The summed E-state index contributed by atoms with van der Waals surface area (Å²) >= 11 is 0. The fraction of sp³-hybridized carbons (Fsp3) is 0.944. The van der Waals surface area contributed by atoms with Crippen molar-refractivity contribution in [1.82, 2.24) is 15.5 Å². The van der Waals surface area contributed by atoms with Gasteiger partial charge in [0.2, 0.25) is 0 Å². The van der Waals surface area contributed by atoms with E-state index in [2.05, 4.69) is 22.5 Å². The third kappa shape index (κ3) is 4.18. The topological polar surface area (TPSA) is 64.6 Å². The third-order valence-corrected chi connectivity index (χ3v) is 6.35. The minimum Gasteiger partial charge on any atom is -0.396 e. The number of rotatable bonds is 5. The molecule has 0 spiro atoms. The van der Waals surface area contributed by atoms with Gasteiger partial charge in [0.15, 0.2) is 0 Å². The summed E-state index contributed by atoms with van der Waals surface area (Å²) in [5.41, 5.74) is -0.151. The Kier molecular flexibility index (Phi) is 5.47. The number of likely N-dealkylation sites (tertiary alicyclic amines) is 1. The number of amides is 2. The first-order valence-electron chi connectivity index (χ1n) is 9.49. The molecule has 3 N–H and O–H groups in total. The van der Waals surface area contributed by atoms with Crippen molar-refractivity contribution in [2.24, 2.45) is 11.3 Å². The fourth-order valence-corrected chi connectivity index (χ4v) is 4.73. The van der Waals surface area contributed by atoms with E-state index in [0.717, 1.165) is 44.7 Å². The maximum absolute atomic E-state index is 12.3. The van der Waals surface area contributed by atoms with Crippen LogP contribution in [-0.4, -0.2) is 54.4 Å². The summed E-state index contributed by atoms with van der Waals surface area (Å²) in [5, 5.41) is 15.8. The zero-order chi connectivity index (χ0) is 16.3. The van der Waals surface area contributed by atoms with E-state index in [-0.39, 0.29) is 30.1 Å². The van der Waals surface area contributed by atoms with Crippen LogP contribution < -0.4 is 10.6 Å². The zero-order valence-electron chi connectivity index (χ0n) is 14.5. The van der Waals surface area contributed by atoms with Gasteiger partial charge in [-0.3, -0.25) is 0 Å². The highest BCUT2D eigenvalue weighted by Crippen LogP contribution is 2.37. The molecule has 3 aliphatic rings. The molecule has 0 bridgehead atoms. The van der Waals surface area contributed by atoms with E-state index in [9.17, 15) is 9.90 Å². The first-order valence-corrected chi connectivity index (χ1v) is 9.49. The van der Waals surface area contributed by atoms with Crippen molar-refractivity contribution >= 4 is 6.03 Å². The molecule has 5 nitrogen and oxygen atoms in total. The number of hydrogen-bond donors (Lipinski definition) is 3. The van der Waals surface area contributed by atoms with Crippen LogP contribution in [0.25, 0.3) is 0 Å². The Morgan fingerprint density at radius 3 is 2.70 bits per heavy atom. The second-order valence-corrected chi connectivity index (χ2v) is 8.27. The van der Waals surface area contributed by atoms with Gasteiger partial charge in [-0.2, -0.15) is 0 Å². The van der Waals surface area contributed by atoms with Gasteiger partial charge < -0.3 is 20.6 Å². The van der Waals surface area contributed by atoms with Crippen molar-refractivity contribution in [3.63, 3.8) is 0 Å². The second-order valence-electron chi connectivity index (χ2n) is 8.27. The normalized spacial score (nSPS) is 35.7. The summed E-state index contributed by atoms with van der Waals surface area (Å²) in [6, 6.07) is 0.325. The molecule has 2 aliphatic carbocycles. The molecule has 23 heavy (non-hydrogen) atoms. The number of nitrogens with one attached hydrogen (secondary N) is 2. The molecule has 0 radical (unpaired) electrons. The molecule has 2 amide bonds. The summed E-state index contributed by atoms with van der Waals surface area (Å²) < 4.78 is 0. The van der Waals surface area contributed by atoms with Crippen LogP contribution in [0.3, 0.4) is 0 Å². The maximum atomic E-state index is 12.3. The number of aliphatic hydroxyl groups excluding tert-OH is 1. The van der Waals surface area contributed by atoms with Crippen LogP contribution in [0, 0.1) is 11.3 Å². The van der Waals surface area contributed by atoms with E-state index in [1.807, 2.05) is 0 Å². The van der Waals surface area contributed by atoms with Crippen molar-refractivity contribution < 1.29 is 9.90 Å². The summed E-state index contributed by atoms with van der Waals surface area (Å²) in [7, 11) is 0. The quantitative estimate of drug-likeness (QED) is 0.726. The molecule has 3 rings (SSSR count). The first kappa shape index (κ1) is 17.0. The van der Waals surface area contributed by atoms with Crippen molar-refractivity contribution in [3.8, 4) is 0 Å². The van der Waals surface area contributed by atoms with Crippen molar-refractivity contribution in [1.29, 1.82) is 0 Å². The summed E-state index contributed by atoms with van der Waals surface area (Å²) in [4.78, 5) is 14.8. The van der Waals surface area contributed by atoms with Crippen LogP contribution in [0.2, 0.25) is 0 Å². The monoisotopic (exact) mass is 323 g/mol. The van der Waals surface area contributed by atoms with Crippen LogP contribution >= 0.6 is 0 Å². The average Bonchev–Trinajstić information content (AvgIpc) is 3.24. The Morgan fingerprint density at radius 2 is 1.96 bits per heavy atom. The van der Waals surface area contributed by atoms with Gasteiger partial charge in [0.05, 0.1) is 6.61 Å². The molecule has 0 aromatic rings. The smallest absolute Gasteiger partial charge is 0.315 e. The lowest BCUT2D eigenvalue weighted by Crippen LogP contribution is -2.51. The highest BCUT2D eigenvalue weighted by Gasteiger charge is 2.39. The number of nitrogens with zero attached hydrogens (tertiary/aromatic N) is 1. The van der Waals surface area contributed by atoms with Gasteiger partial charge in [-0.1, -0.05) is 26.2 Å². The van der Waals surface area contributed by atoms with Crippen molar-refractivity contribution in [2.45, 2.75) is 70.4 Å². The van der Waals surface area contributed by atoms with Gasteiger partial charge >= 0.3 is 6.03 Å². The second kappa shape index (κ2) is 7.39. The highest BCUT2D eigenvalue weighted by molar-refractivity contribution is 5.74. The highest BCUT2D eigenvalue weighted by atomic mass is 16.3. The predicted octanol–water partition coefficient (Wildman–Crippen LogP) is 2.10. The molecule has 3 unspecified atom stereocenters. The molecule has 5 heteroatoms. The molecule has 1 heterocycles. The van der Waals surface area contributed by atoms with Crippen molar-refractivity contribution in [3.05, 3.63) is 0 Å². The molecule has 2 saturated carbocycles. The Bertz CT molecular complexity index is 411. The lowest BCUT2D eigenvalue weighted by molar-refractivity contribution is 0.120. The molecular formula is C18H33N3O2. The molecule has 1 saturated heterocycles. The standard InChI is InChI=1S/C18H33N3O2/c1-18(13-22)9-4-7-16(18)20-17(23)19-15-8-10-21(12-15)11-14-5-2-3-6-14/h14-16,22H,2-13H2,1H3,(H2,19,20,23). The van der Waals surface area contributed by atoms with Crippen LogP contribution in [0.1, 0.15) is 58.3 Å². The molecule has 132 valence electrons. The molecule has 0 aromatic heterocycles. The van der Waals surface area contributed by atoms with E-state index < -0.39 is 0 Å². The Morgan fingerprint density at radius 1 is 1.17 bits per heavy atom.